The number of phenols is 1. The van der Waals surface area contributed by atoms with Gasteiger partial charge in [0.1, 0.15) is 11.3 Å². The van der Waals surface area contributed by atoms with Crippen molar-refractivity contribution >= 4 is 29.2 Å². The lowest BCUT2D eigenvalue weighted by atomic mass is 10.1. The number of halogens is 1. The average Bonchev–Trinajstić information content (AvgIpc) is 2.49. The Kier molecular flexibility index (Phi) is 5.24. The maximum atomic E-state index is 12.1. The highest BCUT2D eigenvalue weighted by atomic mass is 35.5. The molecular weight excluding hydrogens is 318 g/mol. The van der Waals surface area contributed by atoms with E-state index in [0.717, 1.165) is 5.56 Å². The first-order valence-corrected chi connectivity index (χ1v) is 7.32. The van der Waals surface area contributed by atoms with Gasteiger partial charge in [-0.05, 0) is 43.7 Å². The number of nitrogens with one attached hydrogen (secondary N) is 1. The molecule has 2 rings (SSSR count). The third-order valence-electron chi connectivity index (χ3n) is 3.16. The van der Waals surface area contributed by atoms with Gasteiger partial charge in [0, 0.05) is 0 Å². The molecule has 0 saturated carbocycles. The summed E-state index contributed by atoms with van der Waals surface area (Å²) in [5.74, 6) is -1.48. The van der Waals surface area contributed by atoms with Crippen molar-refractivity contribution in [3.05, 3.63) is 58.6 Å². The van der Waals surface area contributed by atoms with Crippen LogP contribution in [0, 0.1) is 6.92 Å². The summed E-state index contributed by atoms with van der Waals surface area (Å²) in [6.45, 7) is 3.23. The van der Waals surface area contributed by atoms with Crippen molar-refractivity contribution in [3.8, 4) is 5.75 Å². The van der Waals surface area contributed by atoms with E-state index in [-0.39, 0.29) is 11.3 Å². The zero-order chi connectivity index (χ0) is 17.0. The first-order valence-electron chi connectivity index (χ1n) is 6.94. The van der Waals surface area contributed by atoms with Crippen LogP contribution in [0.4, 0.5) is 5.69 Å². The zero-order valence-corrected chi connectivity index (χ0v) is 13.4. The van der Waals surface area contributed by atoms with E-state index >= 15 is 0 Å². The maximum absolute atomic E-state index is 12.1. The van der Waals surface area contributed by atoms with Gasteiger partial charge in [-0.25, -0.2) is 4.79 Å². The number of rotatable bonds is 4. The SMILES string of the molecule is Cc1ccc(C(=O)O[C@@H](C)C(=O)Nc2ccccc2Cl)c(O)c1. The molecule has 0 spiro atoms. The second kappa shape index (κ2) is 7.15. The smallest absolute Gasteiger partial charge is 0.342 e. The summed E-state index contributed by atoms with van der Waals surface area (Å²) in [4.78, 5) is 24.1. The largest absolute Gasteiger partial charge is 0.507 e. The number of phenolic OH excluding ortho intramolecular Hbond substituents is 1. The highest BCUT2D eigenvalue weighted by Crippen LogP contribution is 2.22. The number of hydrogen-bond acceptors (Lipinski definition) is 4. The Labute approximate surface area is 138 Å². The van der Waals surface area contributed by atoms with Gasteiger partial charge < -0.3 is 15.2 Å². The number of amides is 1. The van der Waals surface area contributed by atoms with E-state index in [1.807, 2.05) is 0 Å². The zero-order valence-electron chi connectivity index (χ0n) is 12.7. The molecule has 0 aliphatic heterocycles. The molecule has 2 N–H and O–H groups in total. The molecule has 0 unspecified atom stereocenters. The van der Waals surface area contributed by atoms with E-state index in [9.17, 15) is 14.7 Å². The van der Waals surface area contributed by atoms with E-state index in [2.05, 4.69) is 5.32 Å². The van der Waals surface area contributed by atoms with Gasteiger partial charge in [0.05, 0.1) is 10.7 Å². The van der Waals surface area contributed by atoms with Crippen molar-refractivity contribution < 1.29 is 19.4 Å². The molecule has 0 saturated heterocycles. The van der Waals surface area contributed by atoms with Gasteiger partial charge in [-0.3, -0.25) is 4.79 Å². The van der Waals surface area contributed by atoms with E-state index < -0.39 is 18.0 Å². The monoisotopic (exact) mass is 333 g/mol. The second-order valence-corrected chi connectivity index (χ2v) is 5.44. The Balaban J connectivity index is 2.03. The molecule has 0 fully saturated rings. The summed E-state index contributed by atoms with van der Waals surface area (Å²) in [6, 6.07) is 11.3. The van der Waals surface area contributed by atoms with Gasteiger partial charge in [0.2, 0.25) is 0 Å². The quantitative estimate of drug-likeness (QED) is 0.839. The second-order valence-electron chi connectivity index (χ2n) is 5.04. The Hall–Kier alpha value is -2.53. The number of carbonyl (C=O) groups excluding carboxylic acids is 2. The number of esters is 1. The summed E-state index contributed by atoms with van der Waals surface area (Å²) >= 11 is 5.95. The van der Waals surface area contributed by atoms with Crippen LogP contribution in [0.15, 0.2) is 42.5 Å². The van der Waals surface area contributed by atoms with Crippen LogP contribution in [-0.4, -0.2) is 23.1 Å². The standard InChI is InChI=1S/C17H16ClNO4/c1-10-7-8-12(15(20)9-10)17(22)23-11(2)16(21)19-14-6-4-3-5-13(14)18/h3-9,11,20H,1-2H3,(H,19,21)/t11-/m0/s1. The first-order chi connectivity index (χ1) is 10.9. The predicted molar refractivity (Wildman–Crippen MR) is 87.8 cm³/mol. The number of para-hydroxylation sites is 1. The van der Waals surface area contributed by atoms with Gasteiger partial charge in [0.15, 0.2) is 6.10 Å². The fourth-order valence-corrected chi connectivity index (χ4v) is 2.07. The molecule has 1 amide bonds. The molecule has 2 aromatic carbocycles. The van der Waals surface area contributed by atoms with Crippen molar-refractivity contribution in [2.45, 2.75) is 20.0 Å². The fourth-order valence-electron chi connectivity index (χ4n) is 1.89. The van der Waals surface area contributed by atoms with Crippen LogP contribution in [0.5, 0.6) is 5.75 Å². The maximum Gasteiger partial charge on any atom is 0.342 e. The van der Waals surface area contributed by atoms with Crippen molar-refractivity contribution in [2.24, 2.45) is 0 Å². The number of carbonyl (C=O) groups is 2. The van der Waals surface area contributed by atoms with Crippen LogP contribution in [0.25, 0.3) is 0 Å². The van der Waals surface area contributed by atoms with Crippen LogP contribution in [0.3, 0.4) is 0 Å². The third-order valence-corrected chi connectivity index (χ3v) is 3.49. The first kappa shape index (κ1) is 16.8. The lowest BCUT2D eigenvalue weighted by Crippen LogP contribution is -2.30. The minimum absolute atomic E-state index is 0.00740. The average molecular weight is 334 g/mol. The summed E-state index contributed by atoms with van der Waals surface area (Å²) in [5, 5.41) is 12.7. The van der Waals surface area contributed by atoms with Crippen molar-refractivity contribution in [1.29, 1.82) is 0 Å². The van der Waals surface area contributed by atoms with Gasteiger partial charge in [-0.15, -0.1) is 0 Å². The van der Waals surface area contributed by atoms with Crippen LogP contribution in [0.1, 0.15) is 22.8 Å². The number of ether oxygens (including phenoxy) is 1. The molecule has 1 atom stereocenters. The van der Waals surface area contributed by atoms with E-state index in [0.29, 0.717) is 10.7 Å². The predicted octanol–water partition coefficient (Wildman–Crippen LogP) is 3.54. The Morgan fingerprint density at radius 3 is 2.57 bits per heavy atom. The number of aromatic hydroxyl groups is 1. The molecule has 0 aliphatic carbocycles. The number of aryl methyl sites for hydroxylation is 1. The molecule has 6 heteroatoms. The van der Waals surface area contributed by atoms with Crippen molar-refractivity contribution in [3.63, 3.8) is 0 Å². The molecular formula is C17H16ClNO4. The van der Waals surface area contributed by atoms with Gasteiger partial charge in [0.25, 0.3) is 5.91 Å². The molecule has 0 bridgehead atoms. The molecule has 0 aliphatic rings. The number of benzene rings is 2. The summed E-state index contributed by atoms with van der Waals surface area (Å²) in [6.07, 6.45) is -1.04. The Morgan fingerprint density at radius 1 is 1.22 bits per heavy atom. The van der Waals surface area contributed by atoms with Crippen LogP contribution in [0.2, 0.25) is 5.02 Å². The topological polar surface area (TPSA) is 75.6 Å². The molecule has 5 nitrogen and oxygen atoms in total. The highest BCUT2D eigenvalue weighted by molar-refractivity contribution is 6.33. The van der Waals surface area contributed by atoms with E-state index in [4.69, 9.17) is 16.3 Å². The molecule has 23 heavy (non-hydrogen) atoms. The molecule has 120 valence electrons. The lowest BCUT2D eigenvalue weighted by molar-refractivity contribution is -0.123. The van der Waals surface area contributed by atoms with Gasteiger partial charge >= 0.3 is 5.97 Å². The minimum atomic E-state index is -1.04. The van der Waals surface area contributed by atoms with Gasteiger partial charge in [-0.1, -0.05) is 29.8 Å². The number of hydrogen-bond donors (Lipinski definition) is 2. The molecule has 0 aromatic heterocycles. The molecule has 0 heterocycles. The van der Waals surface area contributed by atoms with Crippen LogP contribution < -0.4 is 5.32 Å². The fraction of sp³-hybridized carbons (Fsp3) is 0.176. The van der Waals surface area contributed by atoms with E-state index in [1.54, 1.807) is 37.3 Å². The minimum Gasteiger partial charge on any atom is -0.507 e. The van der Waals surface area contributed by atoms with Crippen molar-refractivity contribution in [2.75, 3.05) is 5.32 Å². The normalized spacial score (nSPS) is 11.6. The summed E-state index contributed by atoms with van der Waals surface area (Å²) in [5.41, 5.74) is 1.25. The van der Waals surface area contributed by atoms with Gasteiger partial charge in [-0.2, -0.15) is 0 Å². The summed E-state index contributed by atoms with van der Waals surface area (Å²) < 4.78 is 5.08. The lowest BCUT2D eigenvalue weighted by Gasteiger charge is -2.14. The van der Waals surface area contributed by atoms with E-state index in [1.165, 1.54) is 19.1 Å². The Bertz CT molecular complexity index is 745. The summed E-state index contributed by atoms with van der Waals surface area (Å²) in [7, 11) is 0. The van der Waals surface area contributed by atoms with Crippen LogP contribution in [-0.2, 0) is 9.53 Å². The highest BCUT2D eigenvalue weighted by Gasteiger charge is 2.21. The Morgan fingerprint density at radius 2 is 1.91 bits per heavy atom. The third kappa shape index (κ3) is 4.23. The molecule has 2 aromatic rings. The number of anilines is 1. The molecule has 0 radical (unpaired) electrons. The van der Waals surface area contributed by atoms with Crippen LogP contribution >= 0.6 is 11.6 Å². The van der Waals surface area contributed by atoms with Crippen molar-refractivity contribution in [1.82, 2.24) is 0 Å².